The molecule has 0 amide bonds. The Morgan fingerprint density at radius 2 is 2.14 bits per heavy atom. The molecule has 0 unspecified atom stereocenters. The molecule has 3 rings (SSSR count). The van der Waals surface area contributed by atoms with Gasteiger partial charge >= 0.3 is 0 Å². The van der Waals surface area contributed by atoms with Crippen molar-refractivity contribution in [2.24, 2.45) is 5.92 Å². The van der Waals surface area contributed by atoms with Gasteiger partial charge in [0.05, 0.1) is 5.69 Å². The Bertz CT molecular complexity index is 611. The molecular formula is C18H24N2S. The quantitative estimate of drug-likeness (QED) is 0.833. The average Bonchev–Trinajstić information content (AvgIpc) is 3.19. The van der Waals surface area contributed by atoms with E-state index in [2.05, 4.69) is 50.4 Å². The summed E-state index contributed by atoms with van der Waals surface area (Å²) in [6.45, 7) is 8.68. The number of thiazole rings is 1. The predicted molar refractivity (Wildman–Crippen MR) is 90.8 cm³/mol. The van der Waals surface area contributed by atoms with Gasteiger partial charge in [0.2, 0.25) is 0 Å². The molecule has 2 aromatic rings. The highest BCUT2D eigenvalue weighted by atomic mass is 32.1. The minimum Gasteiger partial charge on any atom is -0.312 e. The lowest BCUT2D eigenvalue weighted by molar-refractivity contribution is 0.553. The molecule has 21 heavy (non-hydrogen) atoms. The molecular weight excluding hydrogens is 276 g/mol. The van der Waals surface area contributed by atoms with E-state index in [1.807, 2.05) is 11.3 Å². The smallest absolute Gasteiger partial charge is 0.123 e. The summed E-state index contributed by atoms with van der Waals surface area (Å²) in [6.07, 6.45) is 2.63. The first kappa shape index (κ1) is 14.7. The molecule has 1 aliphatic rings. The minimum absolute atomic E-state index is 0.693. The molecule has 1 aromatic carbocycles. The maximum Gasteiger partial charge on any atom is 0.123 e. The summed E-state index contributed by atoms with van der Waals surface area (Å²) in [7, 11) is 0. The highest BCUT2D eigenvalue weighted by Crippen LogP contribution is 2.44. The van der Waals surface area contributed by atoms with Gasteiger partial charge in [-0.25, -0.2) is 4.98 Å². The number of aryl methyl sites for hydroxylation is 1. The Balaban J connectivity index is 1.82. The third kappa shape index (κ3) is 3.72. The molecule has 1 fully saturated rings. The summed E-state index contributed by atoms with van der Waals surface area (Å²) in [4.78, 5) is 6.40. The van der Waals surface area contributed by atoms with Gasteiger partial charge in [0.1, 0.15) is 5.01 Å². The fourth-order valence-corrected chi connectivity index (χ4v) is 3.66. The van der Waals surface area contributed by atoms with Crippen LogP contribution in [0, 0.1) is 12.8 Å². The summed E-state index contributed by atoms with van der Waals surface area (Å²) in [5.41, 5.74) is 3.92. The van der Waals surface area contributed by atoms with Crippen molar-refractivity contribution < 1.29 is 0 Å². The molecule has 0 saturated heterocycles. The molecule has 0 bridgehead atoms. The van der Waals surface area contributed by atoms with Crippen LogP contribution in [-0.4, -0.2) is 11.5 Å². The second-order valence-corrected chi connectivity index (χ2v) is 7.58. The van der Waals surface area contributed by atoms with E-state index in [1.165, 1.54) is 39.5 Å². The largest absolute Gasteiger partial charge is 0.312 e. The molecule has 0 spiro atoms. The number of nitrogens with zero attached hydrogens (tertiary/aromatic N) is 1. The first-order valence-electron chi connectivity index (χ1n) is 7.91. The van der Waals surface area contributed by atoms with Crippen LogP contribution >= 0.6 is 11.3 Å². The Kier molecular flexibility index (Phi) is 4.41. The Labute approximate surface area is 131 Å². The SMILES string of the molecule is Cc1cccc(-c2nc(C3CC3)c(CNCC(C)C)s2)c1. The van der Waals surface area contributed by atoms with E-state index >= 15 is 0 Å². The molecule has 0 radical (unpaired) electrons. The predicted octanol–water partition coefficient (Wildman–Crippen LogP) is 4.74. The van der Waals surface area contributed by atoms with Gasteiger partial charge in [0.15, 0.2) is 0 Å². The topological polar surface area (TPSA) is 24.9 Å². The molecule has 1 aliphatic carbocycles. The van der Waals surface area contributed by atoms with Gasteiger partial charge in [-0.3, -0.25) is 0 Å². The second kappa shape index (κ2) is 6.29. The summed E-state index contributed by atoms with van der Waals surface area (Å²) in [6, 6.07) is 8.68. The number of benzene rings is 1. The van der Waals surface area contributed by atoms with E-state index in [-0.39, 0.29) is 0 Å². The van der Waals surface area contributed by atoms with E-state index in [9.17, 15) is 0 Å². The van der Waals surface area contributed by atoms with Crippen molar-refractivity contribution in [2.75, 3.05) is 6.54 Å². The van der Waals surface area contributed by atoms with E-state index in [4.69, 9.17) is 4.98 Å². The zero-order chi connectivity index (χ0) is 14.8. The van der Waals surface area contributed by atoms with Crippen molar-refractivity contribution in [1.82, 2.24) is 10.3 Å². The molecule has 1 N–H and O–H groups in total. The van der Waals surface area contributed by atoms with Crippen molar-refractivity contribution in [3.63, 3.8) is 0 Å². The number of aromatic nitrogens is 1. The average molecular weight is 300 g/mol. The number of nitrogens with one attached hydrogen (secondary N) is 1. The fourth-order valence-electron chi connectivity index (χ4n) is 2.54. The number of rotatable bonds is 6. The van der Waals surface area contributed by atoms with Crippen LogP contribution in [0.4, 0.5) is 0 Å². The monoisotopic (exact) mass is 300 g/mol. The lowest BCUT2D eigenvalue weighted by atomic mass is 10.1. The van der Waals surface area contributed by atoms with Crippen molar-refractivity contribution in [2.45, 2.75) is 46.1 Å². The van der Waals surface area contributed by atoms with Crippen LogP contribution in [0.2, 0.25) is 0 Å². The van der Waals surface area contributed by atoms with Gasteiger partial charge in [0, 0.05) is 22.9 Å². The lowest BCUT2D eigenvalue weighted by Crippen LogP contribution is -2.18. The summed E-state index contributed by atoms with van der Waals surface area (Å²) in [5.74, 6) is 1.41. The van der Waals surface area contributed by atoms with Crippen molar-refractivity contribution in [3.8, 4) is 10.6 Å². The molecule has 2 nitrogen and oxygen atoms in total. The van der Waals surface area contributed by atoms with Crippen molar-refractivity contribution in [3.05, 3.63) is 40.4 Å². The third-order valence-electron chi connectivity index (χ3n) is 3.79. The Hall–Kier alpha value is -1.19. The maximum atomic E-state index is 4.96. The Morgan fingerprint density at radius 3 is 2.81 bits per heavy atom. The van der Waals surface area contributed by atoms with E-state index < -0.39 is 0 Å². The standard InChI is InChI=1S/C18H24N2S/c1-12(2)10-19-11-16-17(14-7-8-14)20-18(21-16)15-6-4-5-13(3)9-15/h4-6,9,12,14,19H,7-8,10-11H2,1-3H3. The van der Waals surface area contributed by atoms with Crippen LogP contribution < -0.4 is 5.32 Å². The first-order valence-corrected chi connectivity index (χ1v) is 8.72. The molecule has 0 atom stereocenters. The zero-order valence-electron chi connectivity index (χ0n) is 13.1. The molecule has 3 heteroatoms. The number of hydrogen-bond acceptors (Lipinski definition) is 3. The summed E-state index contributed by atoms with van der Waals surface area (Å²) >= 11 is 1.87. The van der Waals surface area contributed by atoms with Gasteiger partial charge in [0.25, 0.3) is 0 Å². The van der Waals surface area contributed by atoms with Crippen molar-refractivity contribution in [1.29, 1.82) is 0 Å². The second-order valence-electron chi connectivity index (χ2n) is 6.50. The normalized spacial score (nSPS) is 14.9. The molecule has 1 aromatic heterocycles. The van der Waals surface area contributed by atoms with E-state index in [0.29, 0.717) is 5.92 Å². The van der Waals surface area contributed by atoms with Crippen LogP contribution in [0.3, 0.4) is 0 Å². The molecule has 0 aliphatic heterocycles. The molecule has 112 valence electrons. The minimum atomic E-state index is 0.693. The van der Waals surface area contributed by atoms with Gasteiger partial charge < -0.3 is 5.32 Å². The van der Waals surface area contributed by atoms with Crippen LogP contribution in [0.5, 0.6) is 0 Å². The van der Waals surface area contributed by atoms with Gasteiger partial charge in [-0.05, 0) is 38.3 Å². The third-order valence-corrected chi connectivity index (χ3v) is 4.91. The maximum absolute atomic E-state index is 4.96. The van der Waals surface area contributed by atoms with Gasteiger partial charge in [-0.2, -0.15) is 0 Å². The van der Waals surface area contributed by atoms with Crippen LogP contribution in [0.1, 0.15) is 48.7 Å². The van der Waals surface area contributed by atoms with E-state index in [0.717, 1.165) is 19.0 Å². The summed E-state index contributed by atoms with van der Waals surface area (Å²) in [5, 5.41) is 4.75. The number of hydrogen-bond donors (Lipinski definition) is 1. The Morgan fingerprint density at radius 1 is 1.33 bits per heavy atom. The lowest BCUT2D eigenvalue weighted by Gasteiger charge is -2.06. The highest BCUT2D eigenvalue weighted by molar-refractivity contribution is 7.15. The van der Waals surface area contributed by atoms with Gasteiger partial charge in [-0.15, -0.1) is 11.3 Å². The molecule has 1 saturated carbocycles. The zero-order valence-corrected chi connectivity index (χ0v) is 14.0. The van der Waals surface area contributed by atoms with Gasteiger partial charge in [-0.1, -0.05) is 37.6 Å². The van der Waals surface area contributed by atoms with Crippen molar-refractivity contribution >= 4 is 11.3 Å². The van der Waals surface area contributed by atoms with E-state index in [1.54, 1.807) is 0 Å². The summed E-state index contributed by atoms with van der Waals surface area (Å²) < 4.78 is 0. The fraction of sp³-hybridized carbons (Fsp3) is 0.500. The highest BCUT2D eigenvalue weighted by Gasteiger charge is 2.29. The van der Waals surface area contributed by atoms with Crippen LogP contribution in [-0.2, 0) is 6.54 Å². The van der Waals surface area contributed by atoms with Crippen LogP contribution in [0.25, 0.3) is 10.6 Å². The van der Waals surface area contributed by atoms with Crippen LogP contribution in [0.15, 0.2) is 24.3 Å². The first-order chi connectivity index (χ1) is 10.1. The molecule has 1 heterocycles.